The largest absolute Gasteiger partial charge is 0.335 e. The number of nitrogens with zero attached hydrogens (tertiary/aromatic N) is 1. The van der Waals surface area contributed by atoms with Gasteiger partial charge in [-0.15, -0.1) is 6.58 Å². The van der Waals surface area contributed by atoms with Crippen molar-refractivity contribution in [3.8, 4) is 0 Å². The molecule has 0 saturated carbocycles. The summed E-state index contributed by atoms with van der Waals surface area (Å²) in [7, 11) is 1.85. The highest BCUT2D eigenvalue weighted by atomic mass is 19.1. The molecule has 1 aromatic carbocycles. The molecule has 0 spiro atoms. The summed E-state index contributed by atoms with van der Waals surface area (Å²) >= 11 is 0. The van der Waals surface area contributed by atoms with Crippen molar-refractivity contribution >= 4 is 5.91 Å². The van der Waals surface area contributed by atoms with Gasteiger partial charge in [0.1, 0.15) is 5.82 Å². The molecule has 1 amide bonds. The third kappa shape index (κ3) is 5.22. The minimum absolute atomic E-state index is 0.0263. The zero-order valence-corrected chi connectivity index (χ0v) is 11.4. The number of carbonyl (C=O) groups excluding carboxylic acids is 1. The zero-order valence-electron chi connectivity index (χ0n) is 11.4. The lowest BCUT2D eigenvalue weighted by atomic mass is 10.2. The van der Waals surface area contributed by atoms with Gasteiger partial charge >= 0.3 is 0 Å². The van der Waals surface area contributed by atoms with Crippen molar-refractivity contribution in [3.63, 3.8) is 0 Å². The number of nitrogens with one attached hydrogen (secondary N) is 1. The van der Waals surface area contributed by atoms with Crippen LogP contribution >= 0.6 is 0 Å². The molecule has 4 heteroatoms. The smallest absolute Gasteiger partial charge is 0.223 e. The number of amides is 1. The second kappa shape index (κ2) is 8.43. The Kier molecular flexibility index (Phi) is 6.82. The Morgan fingerprint density at radius 1 is 1.47 bits per heavy atom. The highest BCUT2D eigenvalue weighted by molar-refractivity contribution is 5.76. The molecule has 0 heterocycles. The lowest BCUT2D eigenvalue weighted by Gasteiger charge is -2.21. The standard InChI is InChI=1S/C15H21FN2O/c1-3-11-18(15(19)9-6-10-17-2)12-13-7-4-5-8-14(13)16/h3-5,7-8,17H,1,6,9-12H2,2H3. The summed E-state index contributed by atoms with van der Waals surface area (Å²) in [6.45, 7) is 5.17. The highest BCUT2D eigenvalue weighted by Gasteiger charge is 2.13. The van der Waals surface area contributed by atoms with Crippen LogP contribution in [0.15, 0.2) is 36.9 Å². The number of halogens is 1. The van der Waals surface area contributed by atoms with Crippen LogP contribution in [-0.4, -0.2) is 30.9 Å². The second-order valence-corrected chi connectivity index (χ2v) is 4.36. The summed E-state index contributed by atoms with van der Waals surface area (Å²) in [6.07, 6.45) is 2.90. The van der Waals surface area contributed by atoms with E-state index in [9.17, 15) is 9.18 Å². The van der Waals surface area contributed by atoms with E-state index in [-0.39, 0.29) is 18.3 Å². The molecule has 0 unspecified atom stereocenters. The molecule has 0 aliphatic carbocycles. The quantitative estimate of drug-likeness (QED) is 0.577. The van der Waals surface area contributed by atoms with Crippen molar-refractivity contribution in [3.05, 3.63) is 48.3 Å². The Balaban J connectivity index is 2.64. The van der Waals surface area contributed by atoms with Crippen LogP contribution in [0.25, 0.3) is 0 Å². The van der Waals surface area contributed by atoms with Gasteiger partial charge in [-0.25, -0.2) is 4.39 Å². The molecule has 1 aromatic rings. The molecule has 0 aromatic heterocycles. The summed E-state index contributed by atoms with van der Waals surface area (Å²) in [6, 6.07) is 6.53. The second-order valence-electron chi connectivity index (χ2n) is 4.36. The number of hydrogen-bond acceptors (Lipinski definition) is 2. The van der Waals surface area contributed by atoms with Crippen molar-refractivity contribution in [2.45, 2.75) is 19.4 Å². The Morgan fingerprint density at radius 2 is 2.21 bits per heavy atom. The molecule has 1 N–H and O–H groups in total. The van der Waals surface area contributed by atoms with Crippen LogP contribution in [0.2, 0.25) is 0 Å². The Bertz CT molecular complexity index is 420. The molecule has 0 fully saturated rings. The maximum Gasteiger partial charge on any atom is 0.223 e. The average Bonchev–Trinajstić information content (AvgIpc) is 2.41. The van der Waals surface area contributed by atoms with Gasteiger partial charge < -0.3 is 10.2 Å². The number of benzene rings is 1. The van der Waals surface area contributed by atoms with Crippen LogP contribution < -0.4 is 5.32 Å². The first-order valence-corrected chi connectivity index (χ1v) is 6.45. The van der Waals surface area contributed by atoms with Gasteiger partial charge in [-0.3, -0.25) is 4.79 Å². The summed E-state index contributed by atoms with van der Waals surface area (Å²) in [5.74, 6) is -0.252. The molecule has 0 bridgehead atoms. The van der Waals surface area contributed by atoms with E-state index in [1.54, 1.807) is 29.2 Å². The summed E-state index contributed by atoms with van der Waals surface area (Å²) in [5.41, 5.74) is 0.534. The van der Waals surface area contributed by atoms with Crippen LogP contribution in [0.4, 0.5) is 4.39 Å². The predicted molar refractivity (Wildman–Crippen MR) is 75.2 cm³/mol. The van der Waals surface area contributed by atoms with Crippen LogP contribution in [0.5, 0.6) is 0 Å². The van der Waals surface area contributed by atoms with Crippen molar-refractivity contribution in [2.24, 2.45) is 0 Å². The monoisotopic (exact) mass is 264 g/mol. The van der Waals surface area contributed by atoms with Crippen molar-refractivity contribution < 1.29 is 9.18 Å². The van der Waals surface area contributed by atoms with E-state index < -0.39 is 0 Å². The van der Waals surface area contributed by atoms with Crippen LogP contribution in [-0.2, 0) is 11.3 Å². The van der Waals surface area contributed by atoms with E-state index in [1.807, 2.05) is 7.05 Å². The van der Waals surface area contributed by atoms with Crippen molar-refractivity contribution in [2.75, 3.05) is 20.1 Å². The first-order valence-electron chi connectivity index (χ1n) is 6.45. The summed E-state index contributed by atoms with van der Waals surface area (Å²) in [4.78, 5) is 13.7. The normalized spacial score (nSPS) is 10.2. The molecule has 3 nitrogen and oxygen atoms in total. The Morgan fingerprint density at radius 3 is 2.84 bits per heavy atom. The molecular formula is C15H21FN2O. The minimum Gasteiger partial charge on any atom is -0.335 e. The molecule has 0 radical (unpaired) electrons. The molecule has 19 heavy (non-hydrogen) atoms. The van der Waals surface area contributed by atoms with E-state index in [0.29, 0.717) is 18.5 Å². The lowest BCUT2D eigenvalue weighted by molar-refractivity contribution is -0.131. The van der Waals surface area contributed by atoms with Gasteiger partial charge in [0.05, 0.1) is 0 Å². The van der Waals surface area contributed by atoms with Gasteiger partial charge in [-0.05, 0) is 26.1 Å². The van der Waals surface area contributed by atoms with Crippen molar-refractivity contribution in [1.82, 2.24) is 10.2 Å². The van der Waals surface area contributed by atoms with Crippen LogP contribution in [0.3, 0.4) is 0 Å². The number of hydrogen-bond donors (Lipinski definition) is 1. The number of carbonyl (C=O) groups is 1. The topological polar surface area (TPSA) is 32.3 Å². The third-order valence-corrected chi connectivity index (χ3v) is 2.84. The fraction of sp³-hybridized carbons (Fsp3) is 0.400. The first kappa shape index (κ1) is 15.4. The molecule has 0 aliphatic heterocycles. The van der Waals surface area contributed by atoms with E-state index in [4.69, 9.17) is 0 Å². The first-order chi connectivity index (χ1) is 9.19. The van der Waals surface area contributed by atoms with Crippen molar-refractivity contribution in [1.29, 1.82) is 0 Å². The van der Waals surface area contributed by atoms with Gasteiger partial charge in [0.2, 0.25) is 5.91 Å². The van der Waals surface area contributed by atoms with E-state index in [2.05, 4.69) is 11.9 Å². The molecule has 0 atom stereocenters. The fourth-order valence-corrected chi connectivity index (χ4v) is 1.82. The van der Waals surface area contributed by atoms with Gasteiger partial charge in [-0.2, -0.15) is 0 Å². The summed E-state index contributed by atoms with van der Waals surface area (Å²) in [5, 5.41) is 3.00. The number of rotatable bonds is 8. The SMILES string of the molecule is C=CCN(Cc1ccccc1F)C(=O)CCCNC. The average molecular weight is 264 g/mol. The zero-order chi connectivity index (χ0) is 14.1. The summed E-state index contributed by atoms with van der Waals surface area (Å²) < 4.78 is 13.6. The van der Waals surface area contributed by atoms with Gasteiger partial charge in [0.15, 0.2) is 0 Å². The van der Waals surface area contributed by atoms with E-state index in [1.165, 1.54) is 6.07 Å². The van der Waals surface area contributed by atoms with E-state index >= 15 is 0 Å². The maximum atomic E-state index is 13.6. The minimum atomic E-state index is -0.278. The Labute approximate surface area is 114 Å². The van der Waals surface area contributed by atoms with Crippen LogP contribution in [0.1, 0.15) is 18.4 Å². The maximum absolute atomic E-state index is 13.6. The molecule has 0 saturated heterocycles. The third-order valence-electron chi connectivity index (χ3n) is 2.84. The predicted octanol–water partition coefficient (Wildman–Crippen LogP) is 2.34. The molecular weight excluding hydrogens is 243 g/mol. The van der Waals surface area contributed by atoms with Gasteiger partial charge in [0, 0.05) is 25.1 Å². The van der Waals surface area contributed by atoms with Gasteiger partial charge in [0.25, 0.3) is 0 Å². The Hall–Kier alpha value is -1.68. The van der Waals surface area contributed by atoms with Crippen LogP contribution in [0, 0.1) is 5.82 Å². The van der Waals surface area contributed by atoms with Gasteiger partial charge in [-0.1, -0.05) is 24.3 Å². The lowest BCUT2D eigenvalue weighted by Crippen LogP contribution is -2.31. The fourth-order valence-electron chi connectivity index (χ4n) is 1.82. The highest BCUT2D eigenvalue weighted by Crippen LogP contribution is 2.11. The molecule has 0 aliphatic rings. The molecule has 104 valence electrons. The van der Waals surface area contributed by atoms with E-state index in [0.717, 1.165) is 13.0 Å². The molecule has 1 rings (SSSR count).